The van der Waals surface area contributed by atoms with Crippen LogP contribution < -0.4 is 9.47 Å². The minimum atomic E-state index is -0.260. The van der Waals surface area contributed by atoms with Gasteiger partial charge in [0.2, 0.25) is 5.69 Å². The molecule has 2 heterocycles. The Kier molecular flexibility index (Phi) is 3.24. The second-order valence-corrected chi connectivity index (χ2v) is 4.70. The first-order chi connectivity index (χ1) is 10.2. The molecule has 0 bridgehead atoms. The molecule has 1 aliphatic heterocycles. The molecule has 0 radical (unpaired) electrons. The van der Waals surface area contributed by atoms with E-state index in [4.69, 9.17) is 14.7 Å². The third-order valence-electron chi connectivity index (χ3n) is 3.20. The normalized spacial score (nSPS) is 16.6. The quantitative estimate of drug-likeness (QED) is 0.621. The summed E-state index contributed by atoms with van der Waals surface area (Å²) in [6.07, 6.45) is 3.23. The van der Waals surface area contributed by atoms with Gasteiger partial charge in [-0.05, 0) is 17.5 Å². The van der Waals surface area contributed by atoms with Gasteiger partial charge >= 0.3 is 5.97 Å². The average Bonchev–Trinajstić information content (AvgIpc) is 2.47. The molecular weight excluding hydrogens is 270 g/mol. The fraction of sp³-hybridized carbons (Fsp3) is 0.200. The lowest BCUT2D eigenvalue weighted by molar-refractivity contribution is -0.135. The van der Waals surface area contributed by atoms with Crippen LogP contribution in [0.5, 0.6) is 17.4 Å². The second-order valence-electron chi connectivity index (χ2n) is 4.70. The summed E-state index contributed by atoms with van der Waals surface area (Å²) in [4.78, 5) is 19.3. The van der Waals surface area contributed by atoms with Crippen molar-refractivity contribution in [3.63, 3.8) is 0 Å². The lowest BCUT2D eigenvalue weighted by Gasteiger charge is -2.21. The highest BCUT2D eigenvalue weighted by atomic mass is 16.5. The Labute approximate surface area is 121 Å². The number of fused-ring (bicyclic) bond motifs is 1. The molecule has 2 aromatic rings. The Morgan fingerprint density at radius 1 is 1.38 bits per heavy atom. The van der Waals surface area contributed by atoms with Crippen molar-refractivity contribution < 1.29 is 14.3 Å². The summed E-state index contributed by atoms with van der Waals surface area (Å²) in [5.74, 6) is 0.896. The van der Waals surface area contributed by atoms with E-state index in [2.05, 4.69) is 9.97 Å². The van der Waals surface area contributed by atoms with Gasteiger partial charge in [-0.25, -0.2) is 9.97 Å². The van der Waals surface area contributed by atoms with Gasteiger partial charge in [0.05, 0.1) is 6.42 Å². The Bertz CT molecular complexity index is 752. The van der Waals surface area contributed by atoms with Crippen LogP contribution in [0.3, 0.4) is 0 Å². The molecule has 104 valence electrons. The number of nitriles is 1. The van der Waals surface area contributed by atoms with Crippen LogP contribution in [-0.2, 0) is 4.79 Å². The highest BCUT2D eigenvalue weighted by molar-refractivity contribution is 5.76. The average molecular weight is 281 g/mol. The van der Waals surface area contributed by atoms with Gasteiger partial charge in [0, 0.05) is 18.5 Å². The van der Waals surface area contributed by atoms with Crippen molar-refractivity contribution in [3.05, 3.63) is 41.9 Å². The van der Waals surface area contributed by atoms with Crippen molar-refractivity contribution in [2.45, 2.75) is 19.3 Å². The summed E-state index contributed by atoms with van der Waals surface area (Å²) in [6, 6.07) is 7.14. The number of esters is 1. The molecule has 1 atom stereocenters. The van der Waals surface area contributed by atoms with E-state index in [1.165, 1.54) is 12.4 Å². The number of nitrogens with zero attached hydrogens (tertiary/aromatic N) is 3. The first kappa shape index (κ1) is 13.1. The molecular formula is C15H11N3O3. The lowest BCUT2D eigenvalue weighted by Crippen LogP contribution is -2.18. The number of hydrogen-bond acceptors (Lipinski definition) is 6. The summed E-state index contributed by atoms with van der Waals surface area (Å²) < 4.78 is 10.8. The third-order valence-corrected chi connectivity index (χ3v) is 3.20. The maximum absolute atomic E-state index is 11.5. The highest BCUT2D eigenvalue weighted by Crippen LogP contribution is 2.37. The Balaban J connectivity index is 1.93. The lowest BCUT2D eigenvalue weighted by atomic mass is 9.95. The molecule has 1 unspecified atom stereocenters. The van der Waals surface area contributed by atoms with Crippen molar-refractivity contribution >= 4 is 5.97 Å². The van der Waals surface area contributed by atoms with Crippen LogP contribution in [0.4, 0.5) is 0 Å². The van der Waals surface area contributed by atoms with Gasteiger partial charge in [0.1, 0.15) is 17.6 Å². The first-order valence-electron chi connectivity index (χ1n) is 6.41. The zero-order valence-corrected chi connectivity index (χ0v) is 11.2. The molecule has 0 N–H and O–H groups in total. The van der Waals surface area contributed by atoms with Gasteiger partial charge in [-0.2, -0.15) is 5.26 Å². The largest absolute Gasteiger partial charge is 0.436 e. The maximum atomic E-state index is 11.5. The molecule has 6 heteroatoms. The van der Waals surface area contributed by atoms with Gasteiger partial charge in [0.25, 0.3) is 5.88 Å². The molecule has 0 saturated heterocycles. The van der Waals surface area contributed by atoms with Gasteiger partial charge < -0.3 is 9.47 Å². The minimum Gasteiger partial charge on any atom is -0.436 e. The zero-order chi connectivity index (χ0) is 14.8. The van der Waals surface area contributed by atoms with Crippen molar-refractivity contribution in [2.75, 3.05) is 0 Å². The molecule has 0 aliphatic carbocycles. The third kappa shape index (κ3) is 2.54. The van der Waals surface area contributed by atoms with E-state index in [1.54, 1.807) is 12.1 Å². The molecule has 0 saturated carbocycles. The van der Waals surface area contributed by atoms with E-state index in [1.807, 2.05) is 19.1 Å². The predicted octanol–water partition coefficient (Wildman–Crippen LogP) is 2.55. The molecule has 1 aliphatic rings. The van der Waals surface area contributed by atoms with Crippen LogP contribution in [0, 0.1) is 11.3 Å². The van der Waals surface area contributed by atoms with E-state index in [0.29, 0.717) is 17.9 Å². The van der Waals surface area contributed by atoms with Crippen molar-refractivity contribution in [3.8, 4) is 23.4 Å². The minimum absolute atomic E-state index is 0.0978. The van der Waals surface area contributed by atoms with Crippen LogP contribution in [0.1, 0.15) is 30.5 Å². The van der Waals surface area contributed by atoms with Crippen molar-refractivity contribution in [1.29, 1.82) is 5.26 Å². The number of carbonyl (C=O) groups is 1. The van der Waals surface area contributed by atoms with Gasteiger partial charge in [-0.15, -0.1) is 0 Å². The first-order valence-corrected chi connectivity index (χ1v) is 6.41. The maximum Gasteiger partial charge on any atom is 0.311 e. The van der Waals surface area contributed by atoms with Crippen molar-refractivity contribution in [2.24, 2.45) is 0 Å². The number of benzene rings is 1. The van der Waals surface area contributed by atoms with Gasteiger partial charge in [-0.3, -0.25) is 4.79 Å². The number of carbonyl (C=O) groups excluding carboxylic acids is 1. The van der Waals surface area contributed by atoms with Crippen LogP contribution in [0.25, 0.3) is 0 Å². The van der Waals surface area contributed by atoms with E-state index in [9.17, 15) is 4.79 Å². The summed E-state index contributed by atoms with van der Waals surface area (Å²) >= 11 is 0. The number of rotatable bonds is 2. The van der Waals surface area contributed by atoms with E-state index in [-0.39, 0.29) is 23.5 Å². The van der Waals surface area contributed by atoms with E-state index < -0.39 is 0 Å². The molecule has 1 aromatic carbocycles. The fourth-order valence-corrected chi connectivity index (χ4v) is 2.19. The Morgan fingerprint density at radius 2 is 2.19 bits per heavy atom. The van der Waals surface area contributed by atoms with Crippen LogP contribution in [0.2, 0.25) is 0 Å². The van der Waals surface area contributed by atoms with E-state index in [0.717, 1.165) is 5.56 Å². The summed E-state index contributed by atoms with van der Waals surface area (Å²) in [5.41, 5.74) is 1.06. The number of ether oxygens (including phenoxy) is 2. The predicted molar refractivity (Wildman–Crippen MR) is 71.9 cm³/mol. The highest BCUT2D eigenvalue weighted by Gasteiger charge is 2.24. The van der Waals surface area contributed by atoms with Gasteiger partial charge in [-0.1, -0.05) is 13.0 Å². The Hall–Kier alpha value is -2.94. The summed E-state index contributed by atoms with van der Waals surface area (Å²) in [7, 11) is 0. The van der Waals surface area contributed by atoms with Crippen LogP contribution in [0.15, 0.2) is 30.6 Å². The molecule has 6 nitrogen and oxygen atoms in total. The smallest absolute Gasteiger partial charge is 0.311 e. The number of aromatic nitrogens is 2. The monoisotopic (exact) mass is 281 g/mol. The molecule has 1 aromatic heterocycles. The molecule has 0 amide bonds. The summed E-state index contributed by atoms with van der Waals surface area (Å²) in [5, 5.41) is 8.96. The molecule has 0 spiro atoms. The summed E-state index contributed by atoms with van der Waals surface area (Å²) in [6.45, 7) is 1.97. The fourth-order valence-electron chi connectivity index (χ4n) is 2.19. The van der Waals surface area contributed by atoms with Crippen LogP contribution >= 0.6 is 0 Å². The van der Waals surface area contributed by atoms with Gasteiger partial charge in [0.15, 0.2) is 0 Å². The van der Waals surface area contributed by atoms with Crippen LogP contribution in [-0.4, -0.2) is 15.9 Å². The molecule has 3 rings (SSSR count). The Morgan fingerprint density at radius 3 is 3.00 bits per heavy atom. The zero-order valence-electron chi connectivity index (χ0n) is 11.2. The molecule has 21 heavy (non-hydrogen) atoms. The second kappa shape index (κ2) is 5.21. The van der Waals surface area contributed by atoms with Crippen molar-refractivity contribution in [1.82, 2.24) is 9.97 Å². The molecule has 0 fully saturated rings. The standard InChI is InChI=1S/C15H11N3O3/c1-9-6-14(19)21-13-7-10(2-3-11(9)13)20-15-12(8-16)17-4-5-18-15/h2-5,7,9H,6H2,1H3. The van der Waals surface area contributed by atoms with E-state index >= 15 is 0 Å². The SMILES string of the molecule is CC1CC(=O)Oc2cc(Oc3nccnc3C#N)ccc21. The number of hydrogen-bond donors (Lipinski definition) is 0. The topological polar surface area (TPSA) is 85.1 Å².